The van der Waals surface area contributed by atoms with Crippen molar-refractivity contribution in [2.24, 2.45) is 5.73 Å². The van der Waals surface area contributed by atoms with E-state index in [0.29, 0.717) is 5.69 Å². The maximum Gasteiger partial charge on any atom is 0.335 e. The number of nitrogens with one attached hydrogen (secondary N) is 1. The van der Waals surface area contributed by atoms with E-state index in [1.165, 1.54) is 25.3 Å². The van der Waals surface area contributed by atoms with Crippen molar-refractivity contribution in [1.82, 2.24) is 0 Å². The minimum absolute atomic E-state index is 0.0839. The van der Waals surface area contributed by atoms with E-state index in [0.717, 1.165) is 0 Å². The van der Waals surface area contributed by atoms with E-state index in [1.807, 2.05) is 0 Å². The average Bonchev–Trinajstić information content (AvgIpc) is 2.28. The molecule has 4 N–H and O–H groups in total. The topological polar surface area (TPSA) is 102 Å². The smallest absolute Gasteiger partial charge is 0.335 e. The molecule has 0 unspecified atom stereocenters. The Morgan fingerprint density at radius 3 is 2.59 bits per heavy atom. The van der Waals surface area contributed by atoms with Crippen LogP contribution < -0.4 is 15.8 Å². The monoisotopic (exact) mass is 238 g/mol. The van der Waals surface area contributed by atoms with Gasteiger partial charge in [0.05, 0.1) is 24.4 Å². The summed E-state index contributed by atoms with van der Waals surface area (Å²) in [5.74, 6) is -1.15. The minimum atomic E-state index is -1.06. The maximum atomic E-state index is 11.4. The summed E-state index contributed by atoms with van der Waals surface area (Å²) in [7, 11) is 1.39. The van der Waals surface area contributed by atoms with E-state index in [-0.39, 0.29) is 17.2 Å². The number of carbonyl (C=O) groups is 2. The Balaban J connectivity index is 3.01. The predicted molar refractivity (Wildman–Crippen MR) is 62.2 cm³/mol. The molecule has 92 valence electrons. The summed E-state index contributed by atoms with van der Waals surface area (Å²) in [6, 6.07) is 3.52. The number of amides is 1. The molecule has 1 rings (SSSR count). The van der Waals surface area contributed by atoms with Crippen molar-refractivity contribution >= 4 is 17.6 Å². The van der Waals surface area contributed by atoms with Crippen molar-refractivity contribution in [2.75, 3.05) is 12.4 Å². The fourth-order valence-electron chi connectivity index (χ4n) is 1.17. The van der Waals surface area contributed by atoms with Gasteiger partial charge in [-0.3, -0.25) is 4.79 Å². The highest BCUT2D eigenvalue weighted by Gasteiger charge is 2.13. The van der Waals surface area contributed by atoms with Crippen LogP contribution in [0.1, 0.15) is 17.3 Å². The van der Waals surface area contributed by atoms with E-state index in [9.17, 15) is 9.59 Å². The number of hydrogen-bond donors (Lipinski definition) is 3. The lowest BCUT2D eigenvalue weighted by atomic mass is 10.2. The number of aromatic carboxylic acids is 1. The Hall–Kier alpha value is -2.08. The quantitative estimate of drug-likeness (QED) is 0.715. The van der Waals surface area contributed by atoms with Gasteiger partial charge in [0.1, 0.15) is 5.75 Å². The van der Waals surface area contributed by atoms with Crippen LogP contribution in [0.3, 0.4) is 0 Å². The van der Waals surface area contributed by atoms with Gasteiger partial charge >= 0.3 is 5.97 Å². The first kappa shape index (κ1) is 13.0. The van der Waals surface area contributed by atoms with Gasteiger partial charge in [-0.2, -0.15) is 0 Å². The third-order valence-corrected chi connectivity index (χ3v) is 2.12. The second-order valence-corrected chi connectivity index (χ2v) is 3.50. The van der Waals surface area contributed by atoms with Crippen molar-refractivity contribution in [3.8, 4) is 5.75 Å². The molecule has 0 spiro atoms. The molecule has 17 heavy (non-hydrogen) atoms. The molecule has 0 bridgehead atoms. The van der Waals surface area contributed by atoms with Crippen molar-refractivity contribution < 1.29 is 19.4 Å². The molecule has 0 aliphatic heterocycles. The van der Waals surface area contributed by atoms with Gasteiger partial charge in [-0.05, 0) is 25.1 Å². The molecule has 0 aliphatic rings. The first-order valence-electron chi connectivity index (χ1n) is 4.93. The van der Waals surface area contributed by atoms with Crippen LogP contribution in [0.2, 0.25) is 0 Å². The summed E-state index contributed by atoms with van der Waals surface area (Å²) in [5.41, 5.74) is 5.88. The van der Waals surface area contributed by atoms with Crippen LogP contribution in [0.4, 0.5) is 5.69 Å². The molecule has 1 aromatic carbocycles. The third kappa shape index (κ3) is 3.18. The fraction of sp³-hybridized carbons (Fsp3) is 0.273. The Kier molecular flexibility index (Phi) is 4.06. The molecule has 1 aromatic rings. The van der Waals surface area contributed by atoms with Crippen molar-refractivity contribution in [3.63, 3.8) is 0 Å². The molecule has 0 aromatic heterocycles. The van der Waals surface area contributed by atoms with Gasteiger partial charge in [0.15, 0.2) is 0 Å². The summed E-state index contributed by atoms with van der Waals surface area (Å²) >= 11 is 0. The summed E-state index contributed by atoms with van der Waals surface area (Å²) in [6.07, 6.45) is 0. The zero-order valence-corrected chi connectivity index (χ0v) is 9.56. The lowest BCUT2D eigenvalue weighted by Gasteiger charge is -2.12. The maximum absolute atomic E-state index is 11.4. The van der Waals surface area contributed by atoms with E-state index in [2.05, 4.69) is 5.32 Å². The highest BCUT2D eigenvalue weighted by molar-refractivity contribution is 5.97. The molecule has 0 radical (unpaired) electrons. The normalized spacial score (nSPS) is 11.7. The first-order chi connectivity index (χ1) is 7.95. The van der Waals surface area contributed by atoms with Crippen LogP contribution >= 0.6 is 0 Å². The molecule has 0 aliphatic carbocycles. The number of benzene rings is 1. The van der Waals surface area contributed by atoms with Gasteiger partial charge in [-0.15, -0.1) is 0 Å². The van der Waals surface area contributed by atoms with Crippen LogP contribution in [0.5, 0.6) is 5.75 Å². The standard InChI is InChI=1S/C11H14N2O4/c1-6(12)10(14)13-8-4-3-7(11(15)16)5-9(8)17-2/h3-6H,12H2,1-2H3,(H,13,14)(H,15,16)/t6-/m1/s1. The van der Waals surface area contributed by atoms with Crippen LogP contribution in [0, 0.1) is 0 Å². The lowest BCUT2D eigenvalue weighted by molar-refractivity contribution is -0.117. The second-order valence-electron chi connectivity index (χ2n) is 3.50. The molecule has 0 heterocycles. The summed E-state index contributed by atoms with van der Waals surface area (Å²) in [4.78, 5) is 22.1. The predicted octanol–water partition coefficient (Wildman–Crippen LogP) is 0.679. The second kappa shape index (κ2) is 5.31. The Labute approximate surface area is 98.4 Å². The van der Waals surface area contributed by atoms with Crippen LogP contribution in [0.25, 0.3) is 0 Å². The van der Waals surface area contributed by atoms with Crippen LogP contribution in [-0.2, 0) is 4.79 Å². The molecule has 1 amide bonds. The van der Waals surface area contributed by atoms with Gasteiger partial charge in [0.25, 0.3) is 0 Å². The number of carboxylic acids is 1. The van der Waals surface area contributed by atoms with Crippen LogP contribution in [0.15, 0.2) is 18.2 Å². The van der Waals surface area contributed by atoms with Gasteiger partial charge in [-0.25, -0.2) is 4.79 Å². The van der Waals surface area contributed by atoms with Crippen molar-refractivity contribution in [1.29, 1.82) is 0 Å². The number of carboxylic acid groups (broad SMARTS) is 1. The molecule has 6 heteroatoms. The zero-order valence-electron chi connectivity index (χ0n) is 9.56. The highest BCUT2D eigenvalue weighted by atomic mass is 16.5. The number of carbonyl (C=O) groups excluding carboxylic acids is 1. The Morgan fingerprint density at radius 2 is 2.12 bits per heavy atom. The largest absolute Gasteiger partial charge is 0.495 e. The average molecular weight is 238 g/mol. The molecule has 0 saturated carbocycles. The van der Waals surface area contributed by atoms with Gasteiger partial charge in [0.2, 0.25) is 5.91 Å². The van der Waals surface area contributed by atoms with E-state index in [4.69, 9.17) is 15.6 Å². The first-order valence-corrected chi connectivity index (χ1v) is 4.93. The number of anilines is 1. The lowest BCUT2D eigenvalue weighted by Crippen LogP contribution is -2.32. The van der Waals surface area contributed by atoms with Gasteiger partial charge in [0, 0.05) is 0 Å². The number of hydrogen-bond acceptors (Lipinski definition) is 4. The molecule has 6 nitrogen and oxygen atoms in total. The summed E-state index contributed by atoms with van der Waals surface area (Å²) in [5, 5.41) is 11.3. The van der Waals surface area contributed by atoms with Crippen molar-refractivity contribution in [3.05, 3.63) is 23.8 Å². The molecular weight excluding hydrogens is 224 g/mol. The molecule has 1 atom stereocenters. The zero-order chi connectivity index (χ0) is 13.0. The minimum Gasteiger partial charge on any atom is -0.495 e. The molecule has 0 fully saturated rings. The SMILES string of the molecule is COc1cc(C(=O)O)ccc1NC(=O)[C@@H](C)N. The Morgan fingerprint density at radius 1 is 1.47 bits per heavy atom. The number of rotatable bonds is 4. The fourth-order valence-corrected chi connectivity index (χ4v) is 1.17. The summed E-state index contributed by atoms with van der Waals surface area (Å²) in [6.45, 7) is 1.55. The number of methoxy groups -OCH3 is 1. The Bertz CT molecular complexity index is 443. The number of ether oxygens (including phenoxy) is 1. The molecular formula is C11H14N2O4. The van der Waals surface area contributed by atoms with Gasteiger partial charge in [-0.1, -0.05) is 0 Å². The highest BCUT2D eigenvalue weighted by Crippen LogP contribution is 2.25. The van der Waals surface area contributed by atoms with Crippen molar-refractivity contribution in [2.45, 2.75) is 13.0 Å². The van der Waals surface area contributed by atoms with Gasteiger partial charge < -0.3 is 20.9 Å². The summed E-state index contributed by atoms with van der Waals surface area (Å²) < 4.78 is 5.00. The van der Waals surface area contributed by atoms with E-state index >= 15 is 0 Å². The number of nitrogens with two attached hydrogens (primary N) is 1. The molecule has 0 saturated heterocycles. The van der Waals surface area contributed by atoms with Crippen LogP contribution in [-0.4, -0.2) is 30.1 Å². The third-order valence-electron chi connectivity index (χ3n) is 2.12. The van der Waals surface area contributed by atoms with E-state index < -0.39 is 12.0 Å². The van der Waals surface area contributed by atoms with E-state index in [1.54, 1.807) is 6.92 Å².